The molecule has 5 heteroatoms. The molecule has 0 radical (unpaired) electrons. The van der Waals surface area contributed by atoms with Gasteiger partial charge in [0, 0.05) is 16.9 Å². The summed E-state index contributed by atoms with van der Waals surface area (Å²) in [5, 5.41) is 3.25. The van der Waals surface area contributed by atoms with Crippen molar-refractivity contribution in [2.75, 3.05) is 5.32 Å². The number of hydrogen-bond donors (Lipinski definition) is 1. The molecule has 88 valence electrons. The Labute approximate surface area is 117 Å². The quantitative estimate of drug-likeness (QED) is 0.896. The lowest BCUT2D eigenvalue weighted by Crippen LogP contribution is -2.08. The van der Waals surface area contributed by atoms with Gasteiger partial charge in [0.2, 0.25) is 5.95 Å². The van der Waals surface area contributed by atoms with Gasteiger partial charge in [0.05, 0.1) is 10.5 Å². The smallest absolute Gasteiger partial charge is 0.223 e. The van der Waals surface area contributed by atoms with E-state index in [0.717, 1.165) is 8.95 Å². The third-order valence-corrected chi connectivity index (χ3v) is 3.27. The molecule has 2 rings (SSSR count). The Morgan fingerprint density at radius 1 is 1.00 bits per heavy atom. The summed E-state index contributed by atoms with van der Waals surface area (Å²) in [6.45, 7) is 2.08. The Hall–Kier alpha value is -0.940. The first kappa shape index (κ1) is 12.5. The van der Waals surface area contributed by atoms with Gasteiger partial charge in [0.15, 0.2) is 0 Å². The third-order valence-electron chi connectivity index (χ3n) is 2.34. The van der Waals surface area contributed by atoms with Crippen molar-refractivity contribution in [1.82, 2.24) is 9.97 Å². The Kier molecular flexibility index (Phi) is 4.12. The number of benzene rings is 1. The fraction of sp³-hybridized carbons (Fsp3) is 0.167. The molecule has 0 amide bonds. The predicted molar refractivity (Wildman–Crippen MR) is 75.9 cm³/mol. The summed E-state index contributed by atoms with van der Waals surface area (Å²) in [6.07, 6.45) is 3.45. The molecule has 0 fully saturated rings. The van der Waals surface area contributed by atoms with Gasteiger partial charge in [0.1, 0.15) is 0 Å². The van der Waals surface area contributed by atoms with Gasteiger partial charge in [-0.15, -0.1) is 0 Å². The summed E-state index contributed by atoms with van der Waals surface area (Å²) in [4.78, 5) is 8.37. The van der Waals surface area contributed by atoms with Crippen LogP contribution in [0, 0.1) is 0 Å². The van der Waals surface area contributed by atoms with Crippen LogP contribution < -0.4 is 5.32 Å². The molecule has 0 aliphatic heterocycles. The molecular weight excluding hydrogens is 346 g/mol. The van der Waals surface area contributed by atoms with Crippen molar-refractivity contribution in [1.29, 1.82) is 0 Å². The van der Waals surface area contributed by atoms with Gasteiger partial charge in [-0.3, -0.25) is 0 Å². The molecule has 1 N–H and O–H groups in total. The van der Waals surface area contributed by atoms with Crippen LogP contribution in [-0.4, -0.2) is 9.97 Å². The second-order valence-electron chi connectivity index (χ2n) is 3.64. The molecule has 0 bridgehead atoms. The fourth-order valence-electron chi connectivity index (χ4n) is 1.42. The van der Waals surface area contributed by atoms with E-state index in [1.807, 2.05) is 12.1 Å². The number of nitrogens with one attached hydrogen (secondary N) is 1. The Morgan fingerprint density at radius 3 is 2.18 bits per heavy atom. The van der Waals surface area contributed by atoms with Crippen LogP contribution in [0.3, 0.4) is 0 Å². The lowest BCUT2D eigenvalue weighted by molar-refractivity contribution is 0.859. The molecule has 1 unspecified atom stereocenters. The molecule has 17 heavy (non-hydrogen) atoms. The first-order chi connectivity index (χ1) is 8.15. The maximum Gasteiger partial charge on any atom is 0.223 e. The highest BCUT2D eigenvalue weighted by molar-refractivity contribution is 9.10. The second-order valence-corrected chi connectivity index (χ2v) is 5.47. The summed E-state index contributed by atoms with van der Waals surface area (Å²) in [7, 11) is 0. The van der Waals surface area contributed by atoms with E-state index in [9.17, 15) is 0 Å². The molecule has 0 aliphatic rings. The molecular formula is C12H11Br2N3. The topological polar surface area (TPSA) is 37.8 Å². The summed E-state index contributed by atoms with van der Waals surface area (Å²) in [6, 6.07) is 8.36. The van der Waals surface area contributed by atoms with E-state index in [1.165, 1.54) is 5.56 Å². The minimum atomic E-state index is 0.171. The predicted octanol–water partition coefficient (Wildman–Crippen LogP) is 4.17. The molecule has 2 aromatic rings. The van der Waals surface area contributed by atoms with Crippen LogP contribution in [0.2, 0.25) is 0 Å². The van der Waals surface area contributed by atoms with Gasteiger partial charge < -0.3 is 5.32 Å². The molecule has 0 spiro atoms. The maximum absolute atomic E-state index is 4.18. The maximum atomic E-state index is 4.18. The second kappa shape index (κ2) is 5.60. The van der Waals surface area contributed by atoms with Gasteiger partial charge in [-0.25, -0.2) is 9.97 Å². The molecule has 1 aromatic carbocycles. The SMILES string of the molecule is CC(Nc1ncc(Br)cn1)c1ccc(Br)cc1. The normalized spacial score (nSPS) is 12.2. The van der Waals surface area contributed by atoms with Crippen LogP contribution >= 0.6 is 31.9 Å². The van der Waals surface area contributed by atoms with E-state index in [-0.39, 0.29) is 6.04 Å². The fourth-order valence-corrected chi connectivity index (χ4v) is 1.88. The van der Waals surface area contributed by atoms with E-state index in [0.29, 0.717) is 5.95 Å². The number of hydrogen-bond acceptors (Lipinski definition) is 3. The van der Waals surface area contributed by atoms with Gasteiger partial charge in [-0.1, -0.05) is 28.1 Å². The third kappa shape index (κ3) is 3.51. The zero-order chi connectivity index (χ0) is 12.3. The van der Waals surface area contributed by atoms with Gasteiger partial charge >= 0.3 is 0 Å². The van der Waals surface area contributed by atoms with E-state index < -0.39 is 0 Å². The zero-order valence-corrected chi connectivity index (χ0v) is 12.4. The van der Waals surface area contributed by atoms with E-state index in [2.05, 4.69) is 66.2 Å². The average Bonchev–Trinajstić information content (AvgIpc) is 2.33. The number of halogens is 2. The van der Waals surface area contributed by atoms with Crippen LogP contribution in [-0.2, 0) is 0 Å². The van der Waals surface area contributed by atoms with Gasteiger partial charge in [0.25, 0.3) is 0 Å². The summed E-state index contributed by atoms with van der Waals surface area (Å²) < 4.78 is 1.95. The summed E-state index contributed by atoms with van der Waals surface area (Å²) in [5.41, 5.74) is 1.19. The van der Waals surface area contributed by atoms with Crippen molar-refractivity contribution in [2.45, 2.75) is 13.0 Å². The molecule has 0 saturated heterocycles. The van der Waals surface area contributed by atoms with Crippen molar-refractivity contribution in [2.24, 2.45) is 0 Å². The Balaban J connectivity index is 2.08. The monoisotopic (exact) mass is 355 g/mol. The number of aromatic nitrogens is 2. The van der Waals surface area contributed by atoms with Crippen LogP contribution in [0.25, 0.3) is 0 Å². The number of rotatable bonds is 3. The highest BCUT2D eigenvalue weighted by atomic mass is 79.9. The molecule has 1 atom stereocenters. The number of anilines is 1. The van der Waals surface area contributed by atoms with Gasteiger partial charge in [-0.05, 0) is 40.5 Å². The largest absolute Gasteiger partial charge is 0.348 e. The van der Waals surface area contributed by atoms with E-state index in [4.69, 9.17) is 0 Å². The van der Waals surface area contributed by atoms with Crippen molar-refractivity contribution in [3.8, 4) is 0 Å². The summed E-state index contributed by atoms with van der Waals surface area (Å²) >= 11 is 6.73. The Bertz CT molecular complexity index is 482. The lowest BCUT2D eigenvalue weighted by atomic mass is 10.1. The van der Waals surface area contributed by atoms with Crippen molar-refractivity contribution in [3.05, 3.63) is 51.2 Å². The highest BCUT2D eigenvalue weighted by Crippen LogP contribution is 2.19. The molecule has 0 aliphatic carbocycles. The van der Waals surface area contributed by atoms with Gasteiger partial charge in [-0.2, -0.15) is 0 Å². The molecule has 1 aromatic heterocycles. The van der Waals surface area contributed by atoms with Crippen molar-refractivity contribution >= 4 is 37.8 Å². The van der Waals surface area contributed by atoms with E-state index >= 15 is 0 Å². The first-order valence-electron chi connectivity index (χ1n) is 5.14. The van der Waals surface area contributed by atoms with Crippen molar-refractivity contribution < 1.29 is 0 Å². The van der Waals surface area contributed by atoms with Crippen LogP contribution in [0.15, 0.2) is 45.6 Å². The first-order valence-corrected chi connectivity index (χ1v) is 6.73. The molecule has 1 heterocycles. The molecule has 3 nitrogen and oxygen atoms in total. The van der Waals surface area contributed by atoms with Crippen LogP contribution in [0.4, 0.5) is 5.95 Å². The lowest BCUT2D eigenvalue weighted by Gasteiger charge is -2.14. The zero-order valence-electron chi connectivity index (χ0n) is 9.19. The average molecular weight is 357 g/mol. The highest BCUT2D eigenvalue weighted by Gasteiger charge is 2.06. The minimum absolute atomic E-state index is 0.171. The minimum Gasteiger partial charge on any atom is -0.348 e. The van der Waals surface area contributed by atoms with Crippen LogP contribution in [0.5, 0.6) is 0 Å². The Morgan fingerprint density at radius 2 is 1.59 bits per heavy atom. The number of nitrogens with zero attached hydrogens (tertiary/aromatic N) is 2. The van der Waals surface area contributed by atoms with Crippen LogP contribution in [0.1, 0.15) is 18.5 Å². The summed E-state index contributed by atoms with van der Waals surface area (Å²) in [5.74, 6) is 0.628. The van der Waals surface area contributed by atoms with Crippen molar-refractivity contribution in [3.63, 3.8) is 0 Å². The molecule has 0 saturated carbocycles. The van der Waals surface area contributed by atoms with E-state index in [1.54, 1.807) is 12.4 Å². The standard InChI is InChI=1S/C12H11Br2N3/c1-8(9-2-4-10(13)5-3-9)17-12-15-6-11(14)7-16-12/h2-8H,1H3,(H,15,16,17).